The molecule has 1 saturated carbocycles. The summed E-state index contributed by atoms with van der Waals surface area (Å²) >= 11 is 8.63. The molecule has 2 aromatic rings. The highest BCUT2D eigenvalue weighted by atomic mass is 35.5. The van der Waals surface area contributed by atoms with Crippen LogP contribution in [0.1, 0.15) is 44.6 Å². The van der Waals surface area contributed by atoms with Crippen molar-refractivity contribution in [3.05, 3.63) is 40.8 Å². The van der Waals surface area contributed by atoms with Crippen LogP contribution in [0.25, 0.3) is 0 Å². The van der Waals surface area contributed by atoms with Crippen LogP contribution in [0.15, 0.2) is 28.6 Å². The fourth-order valence-electron chi connectivity index (χ4n) is 3.43. The van der Waals surface area contributed by atoms with Crippen LogP contribution in [0, 0.1) is 5.82 Å². The minimum atomic E-state index is -0.981. The van der Waals surface area contributed by atoms with Crippen LogP contribution >= 0.6 is 34.7 Å². The van der Waals surface area contributed by atoms with Crippen molar-refractivity contribution in [1.82, 2.24) is 9.88 Å². The summed E-state index contributed by atoms with van der Waals surface area (Å²) in [6, 6.07) is 4.22. The first-order valence-electron chi connectivity index (χ1n) is 9.44. The number of rotatable bonds is 6. The number of benzene rings is 1. The number of nitrogens with zero attached hydrogens (tertiary/aromatic N) is 2. The number of anilines is 1. The quantitative estimate of drug-likeness (QED) is 0.529. The topological polar surface area (TPSA) is 82.5 Å². The van der Waals surface area contributed by atoms with Gasteiger partial charge in [0.1, 0.15) is 10.6 Å². The third-order valence-corrected chi connectivity index (χ3v) is 7.77. The van der Waals surface area contributed by atoms with E-state index in [1.165, 1.54) is 35.2 Å². The Kier molecular flexibility index (Phi) is 6.94. The molecule has 0 saturated heterocycles. The number of hydrogen-bond donors (Lipinski definition) is 2. The molecule has 1 aliphatic rings. The van der Waals surface area contributed by atoms with Crippen LogP contribution in [0.2, 0.25) is 5.02 Å². The lowest BCUT2D eigenvalue weighted by molar-refractivity contribution is -0.138. The summed E-state index contributed by atoms with van der Waals surface area (Å²) in [7, 11) is 1.74. The van der Waals surface area contributed by atoms with Crippen molar-refractivity contribution >= 4 is 51.8 Å². The Morgan fingerprint density at radius 3 is 2.80 bits per heavy atom. The van der Waals surface area contributed by atoms with E-state index in [1.807, 2.05) is 0 Å². The number of carboxylic acid groups (broad SMARTS) is 1. The lowest BCUT2D eigenvalue weighted by Gasteiger charge is -2.24. The molecule has 0 radical (unpaired) electrons. The molecule has 0 spiro atoms. The number of aliphatic carboxylic acids is 1. The molecular formula is C20H23ClFN3O3S2. The van der Waals surface area contributed by atoms with Gasteiger partial charge in [0.2, 0.25) is 0 Å². The Morgan fingerprint density at radius 1 is 1.40 bits per heavy atom. The number of carbonyl (C=O) groups excluding carboxylic acids is 1. The number of carbonyl (C=O) groups is 2. The summed E-state index contributed by atoms with van der Waals surface area (Å²) < 4.78 is 13.0. The Labute approximate surface area is 187 Å². The number of thiazole rings is 1. The van der Waals surface area contributed by atoms with Crippen LogP contribution < -0.4 is 5.32 Å². The van der Waals surface area contributed by atoms with Crippen molar-refractivity contribution in [2.24, 2.45) is 0 Å². The number of amides is 2. The minimum absolute atomic E-state index is 0.0378. The third kappa shape index (κ3) is 5.25. The first kappa shape index (κ1) is 22.8. The number of nitrogens with one attached hydrogen (secondary N) is 1. The second kappa shape index (κ2) is 9.11. The molecule has 1 fully saturated rings. The highest BCUT2D eigenvalue weighted by Crippen LogP contribution is 2.40. The summed E-state index contributed by atoms with van der Waals surface area (Å²) in [6.45, 7) is 3.24. The van der Waals surface area contributed by atoms with Crippen LogP contribution in [-0.4, -0.2) is 44.8 Å². The number of hydrogen-bond acceptors (Lipinski definition) is 5. The maximum atomic E-state index is 13.3. The zero-order valence-electron chi connectivity index (χ0n) is 16.8. The number of halogens is 2. The van der Waals surface area contributed by atoms with Gasteiger partial charge in [0.15, 0.2) is 5.13 Å². The van der Waals surface area contributed by atoms with Gasteiger partial charge in [0, 0.05) is 18.1 Å². The molecule has 162 valence electrons. The van der Waals surface area contributed by atoms with Crippen LogP contribution in [0.3, 0.4) is 0 Å². The molecule has 0 aliphatic heterocycles. The predicted octanol–water partition coefficient (Wildman–Crippen LogP) is 5.69. The van der Waals surface area contributed by atoms with Gasteiger partial charge < -0.3 is 10.0 Å². The van der Waals surface area contributed by atoms with E-state index in [0.717, 1.165) is 24.8 Å². The van der Waals surface area contributed by atoms with E-state index in [0.29, 0.717) is 14.4 Å². The molecule has 1 aliphatic carbocycles. The van der Waals surface area contributed by atoms with Gasteiger partial charge in [-0.05, 0) is 56.7 Å². The Balaban J connectivity index is 1.58. The molecule has 10 heteroatoms. The summed E-state index contributed by atoms with van der Waals surface area (Å²) in [5.74, 6) is -1.09. The second-order valence-corrected chi connectivity index (χ2v) is 11.1. The standard InChI is InChI=1S/C20H23ClFN3O3S2/c1-20(2,17(26)27)30-16-10-23-18(29-16)24-19(28)25(3)13-6-4-11(8-13)14-7-5-12(22)9-15(14)21/h5,7,9-11,13H,4,6,8H2,1-3H3,(H,26,27)(H,23,24,28). The first-order chi connectivity index (χ1) is 14.1. The zero-order valence-corrected chi connectivity index (χ0v) is 19.2. The maximum Gasteiger partial charge on any atom is 0.323 e. The summed E-state index contributed by atoms with van der Waals surface area (Å²) in [6.07, 6.45) is 4.02. The largest absolute Gasteiger partial charge is 0.480 e. The summed E-state index contributed by atoms with van der Waals surface area (Å²) in [5, 5.41) is 12.9. The van der Waals surface area contributed by atoms with Gasteiger partial charge >= 0.3 is 12.0 Å². The fraction of sp³-hybridized carbons (Fsp3) is 0.450. The van der Waals surface area contributed by atoms with E-state index in [9.17, 15) is 19.1 Å². The molecule has 0 bridgehead atoms. The molecule has 3 rings (SSSR count). The predicted molar refractivity (Wildman–Crippen MR) is 118 cm³/mol. The third-order valence-electron chi connectivity index (χ3n) is 5.24. The number of aromatic nitrogens is 1. The van der Waals surface area contributed by atoms with Gasteiger partial charge in [-0.3, -0.25) is 10.1 Å². The summed E-state index contributed by atoms with van der Waals surface area (Å²) in [5.41, 5.74) is 0.914. The Hall–Kier alpha value is -1.84. The van der Waals surface area contributed by atoms with Gasteiger partial charge in [0.25, 0.3) is 0 Å². The normalized spacial score (nSPS) is 19.0. The molecule has 1 aromatic carbocycles. The Bertz CT molecular complexity index is 953. The molecule has 1 aromatic heterocycles. The van der Waals surface area contributed by atoms with E-state index in [2.05, 4.69) is 10.3 Å². The van der Waals surface area contributed by atoms with Gasteiger partial charge in [0.05, 0.1) is 10.4 Å². The van der Waals surface area contributed by atoms with E-state index < -0.39 is 10.7 Å². The molecular weight excluding hydrogens is 449 g/mol. The first-order valence-corrected chi connectivity index (χ1v) is 11.4. The lowest BCUT2D eigenvalue weighted by atomic mass is 9.97. The molecule has 2 unspecified atom stereocenters. The molecule has 1 heterocycles. The average Bonchev–Trinajstić information content (AvgIpc) is 3.30. The van der Waals surface area contributed by atoms with Crippen LogP contribution in [0.5, 0.6) is 0 Å². The van der Waals surface area contributed by atoms with E-state index in [1.54, 1.807) is 38.1 Å². The van der Waals surface area contributed by atoms with E-state index >= 15 is 0 Å². The van der Waals surface area contributed by atoms with Gasteiger partial charge in [-0.2, -0.15) is 0 Å². The van der Waals surface area contributed by atoms with E-state index in [-0.39, 0.29) is 23.8 Å². The molecule has 2 amide bonds. The fourth-order valence-corrected chi connectivity index (χ4v) is 6.01. The van der Waals surface area contributed by atoms with Crippen molar-refractivity contribution in [2.45, 2.75) is 54.0 Å². The van der Waals surface area contributed by atoms with Crippen molar-refractivity contribution in [3.63, 3.8) is 0 Å². The molecule has 6 nitrogen and oxygen atoms in total. The number of thioether (sulfide) groups is 1. The van der Waals surface area contributed by atoms with Crippen LogP contribution in [-0.2, 0) is 4.79 Å². The lowest BCUT2D eigenvalue weighted by Crippen LogP contribution is -2.38. The van der Waals surface area contributed by atoms with Crippen molar-refractivity contribution in [1.29, 1.82) is 0 Å². The van der Waals surface area contributed by atoms with Crippen molar-refractivity contribution in [2.75, 3.05) is 12.4 Å². The monoisotopic (exact) mass is 471 g/mol. The average molecular weight is 472 g/mol. The highest BCUT2D eigenvalue weighted by Gasteiger charge is 2.32. The van der Waals surface area contributed by atoms with Crippen molar-refractivity contribution in [3.8, 4) is 0 Å². The smallest absolute Gasteiger partial charge is 0.323 e. The molecule has 30 heavy (non-hydrogen) atoms. The summed E-state index contributed by atoms with van der Waals surface area (Å²) in [4.78, 5) is 29.8. The van der Waals surface area contributed by atoms with Gasteiger partial charge in [-0.15, -0.1) is 0 Å². The minimum Gasteiger partial charge on any atom is -0.480 e. The van der Waals surface area contributed by atoms with Crippen molar-refractivity contribution < 1.29 is 19.1 Å². The van der Waals surface area contributed by atoms with Gasteiger partial charge in [-0.25, -0.2) is 14.2 Å². The highest BCUT2D eigenvalue weighted by molar-refractivity contribution is 8.03. The molecule has 2 N–H and O–H groups in total. The Morgan fingerprint density at radius 2 is 2.13 bits per heavy atom. The number of urea groups is 1. The molecule has 2 atom stereocenters. The SMILES string of the molecule is CN(C(=O)Nc1ncc(SC(C)(C)C(=O)O)s1)C1CCC(c2ccc(F)cc2Cl)C1. The van der Waals surface area contributed by atoms with Crippen LogP contribution in [0.4, 0.5) is 14.3 Å². The maximum absolute atomic E-state index is 13.3. The number of carboxylic acids is 1. The van der Waals surface area contributed by atoms with E-state index in [4.69, 9.17) is 11.6 Å². The second-order valence-electron chi connectivity index (χ2n) is 7.77. The van der Waals surface area contributed by atoms with Gasteiger partial charge in [-0.1, -0.05) is 40.8 Å². The zero-order chi connectivity index (χ0) is 22.1.